The van der Waals surface area contributed by atoms with Gasteiger partial charge in [0.05, 0.1) is 21.9 Å². The lowest BCUT2D eigenvalue weighted by atomic mass is 9.95. The van der Waals surface area contributed by atoms with Crippen molar-refractivity contribution in [2.75, 3.05) is 12.8 Å². The molecule has 0 aliphatic heterocycles. The summed E-state index contributed by atoms with van der Waals surface area (Å²) in [6.07, 6.45) is 6.47. The second kappa shape index (κ2) is 11.1. The van der Waals surface area contributed by atoms with Crippen LogP contribution in [0.3, 0.4) is 0 Å². The Bertz CT molecular complexity index is 1360. The first-order valence-corrected chi connectivity index (χ1v) is 14.9. The van der Waals surface area contributed by atoms with Gasteiger partial charge in [-0.2, -0.15) is 4.31 Å². The van der Waals surface area contributed by atoms with Crippen molar-refractivity contribution >= 4 is 50.1 Å². The highest BCUT2D eigenvalue weighted by Crippen LogP contribution is 2.30. The van der Waals surface area contributed by atoms with Crippen molar-refractivity contribution in [1.29, 1.82) is 0 Å². The minimum absolute atomic E-state index is 0.0698. The number of aromatic amines is 1. The van der Waals surface area contributed by atoms with Gasteiger partial charge in [-0.15, -0.1) is 0 Å². The molecule has 0 bridgehead atoms. The van der Waals surface area contributed by atoms with Crippen LogP contribution in [0.2, 0.25) is 10.0 Å². The van der Waals surface area contributed by atoms with Crippen molar-refractivity contribution in [2.24, 2.45) is 0 Å². The molecular weight excluding hydrogens is 519 g/mol. The number of hydrogen-bond donors (Lipinski definition) is 1. The third-order valence-electron chi connectivity index (χ3n) is 6.98. The number of aromatic nitrogens is 1. The van der Waals surface area contributed by atoms with Gasteiger partial charge in [-0.3, -0.25) is 0 Å². The Kier molecular flexibility index (Phi) is 8.35. The molecule has 2 aromatic carbocycles. The van der Waals surface area contributed by atoms with E-state index in [0.29, 0.717) is 34.3 Å². The number of hydrogen-bond acceptors (Lipinski definition) is 4. The smallest absolute Gasteiger partial charge is 0.341 e. The van der Waals surface area contributed by atoms with E-state index in [9.17, 15) is 13.2 Å². The van der Waals surface area contributed by atoms with E-state index in [1.165, 1.54) is 12.7 Å². The van der Waals surface area contributed by atoms with Gasteiger partial charge in [0.2, 0.25) is 10.0 Å². The van der Waals surface area contributed by atoms with E-state index in [4.69, 9.17) is 27.9 Å². The van der Waals surface area contributed by atoms with Crippen LogP contribution in [0.4, 0.5) is 0 Å². The first-order chi connectivity index (χ1) is 17.0. The number of carbonyl (C=O) groups excluding carboxylic acids is 1. The highest BCUT2D eigenvalue weighted by Gasteiger charge is 2.28. The number of halogens is 2. The molecule has 1 N–H and O–H groups in total. The van der Waals surface area contributed by atoms with Gasteiger partial charge in [-0.25, -0.2) is 13.2 Å². The van der Waals surface area contributed by atoms with E-state index in [0.717, 1.165) is 47.7 Å². The van der Waals surface area contributed by atoms with Crippen LogP contribution < -0.4 is 0 Å². The zero-order valence-electron chi connectivity index (χ0n) is 20.8. The van der Waals surface area contributed by atoms with E-state index in [1.807, 2.05) is 25.1 Å². The van der Waals surface area contributed by atoms with Crippen molar-refractivity contribution in [2.45, 2.75) is 64.5 Å². The number of nitrogens with one attached hydrogen (secondary N) is 1. The Morgan fingerprint density at radius 1 is 1.11 bits per heavy atom. The fraction of sp³-hybridized carbons (Fsp3) is 0.444. The Labute approximate surface area is 223 Å². The van der Waals surface area contributed by atoms with Crippen molar-refractivity contribution in [3.8, 4) is 0 Å². The Morgan fingerprint density at radius 2 is 1.83 bits per heavy atom. The molecule has 0 spiro atoms. The zero-order chi connectivity index (χ0) is 26.0. The lowest BCUT2D eigenvalue weighted by Crippen LogP contribution is -2.42. The average molecular weight is 552 g/mol. The number of esters is 1. The summed E-state index contributed by atoms with van der Waals surface area (Å²) < 4.78 is 32.5. The number of ether oxygens (including phenoxy) is 1. The molecule has 1 fully saturated rings. The van der Waals surface area contributed by atoms with Gasteiger partial charge in [-0.05, 0) is 68.5 Å². The zero-order valence-corrected chi connectivity index (χ0v) is 23.1. The van der Waals surface area contributed by atoms with Gasteiger partial charge in [-0.1, -0.05) is 54.6 Å². The molecule has 1 heterocycles. The minimum Gasteiger partial charge on any atom is -0.454 e. The fourth-order valence-electron chi connectivity index (χ4n) is 5.07. The van der Waals surface area contributed by atoms with Gasteiger partial charge in [0.15, 0.2) is 0 Å². The molecule has 1 aliphatic rings. The normalized spacial score (nSPS) is 15.9. The number of sulfonamides is 1. The van der Waals surface area contributed by atoms with Gasteiger partial charge in [0.25, 0.3) is 0 Å². The van der Waals surface area contributed by atoms with Gasteiger partial charge < -0.3 is 9.72 Å². The SMILES string of the molecule is Cc1[nH]c2ccc(CCN(C3CCCCC3)S(C)(=O)=O)cc2c1C(=O)OC(C)c1ccc(Cl)c(Cl)c1. The number of benzene rings is 2. The predicted octanol–water partition coefficient (Wildman–Crippen LogP) is 6.84. The maximum Gasteiger partial charge on any atom is 0.341 e. The van der Waals surface area contributed by atoms with Gasteiger partial charge >= 0.3 is 5.97 Å². The summed E-state index contributed by atoms with van der Waals surface area (Å²) in [7, 11) is -3.30. The summed E-state index contributed by atoms with van der Waals surface area (Å²) in [4.78, 5) is 16.5. The van der Waals surface area contributed by atoms with Crippen molar-refractivity contribution in [3.05, 3.63) is 68.8 Å². The van der Waals surface area contributed by atoms with E-state index in [2.05, 4.69) is 4.98 Å². The van der Waals surface area contributed by atoms with Crippen LogP contribution in [0.25, 0.3) is 10.9 Å². The molecule has 9 heteroatoms. The molecule has 1 aliphatic carbocycles. The van der Waals surface area contributed by atoms with Crippen LogP contribution in [0.15, 0.2) is 36.4 Å². The minimum atomic E-state index is -3.30. The highest BCUT2D eigenvalue weighted by molar-refractivity contribution is 7.88. The monoisotopic (exact) mass is 550 g/mol. The summed E-state index contributed by atoms with van der Waals surface area (Å²) in [5.74, 6) is -0.436. The summed E-state index contributed by atoms with van der Waals surface area (Å²) in [5, 5.41) is 1.61. The quantitative estimate of drug-likeness (QED) is 0.311. The van der Waals surface area contributed by atoms with Crippen LogP contribution in [0, 0.1) is 6.92 Å². The molecule has 0 saturated heterocycles. The molecule has 1 atom stereocenters. The van der Waals surface area contributed by atoms with Crippen LogP contribution in [0.5, 0.6) is 0 Å². The number of rotatable bonds is 8. The highest BCUT2D eigenvalue weighted by atomic mass is 35.5. The molecule has 1 unspecified atom stereocenters. The van der Waals surface area contributed by atoms with Crippen LogP contribution in [-0.2, 0) is 21.2 Å². The van der Waals surface area contributed by atoms with Crippen LogP contribution in [-0.4, -0.2) is 42.5 Å². The molecule has 4 rings (SSSR count). The molecular formula is C27H32Cl2N2O4S. The first-order valence-electron chi connectivity index (χ1n) is 12.3. The molecule has 6 nitrogen and oxygen atoms in total. The maximum absolute atomic E-state index is 13.2. The lowest BCUT2D eigenvalue weighted by Gasteiger charge is -2.32. The average Bonchev–Trinajstić information content (AvgIpc) is 3.15. The van der Waals surface area contributed by atoms with Crippen molar-refractivity contribution in [1.82, 2.24) is 9.29 Å². The lowest BCUT2D eigenvalue weighted by molar-refractivity contribution is 0.0339. The summed E-state index contributed by atoms with van der Waals surface area (Å²) in [5.41, 5.74) is 3.74. The van der Waals surface area contributed by atoms with Crippen molar-refractivity contribution in [3.63, 3.8) is 0 Å². The van der Waals surface area contributed by atoms with Gasteiger partial charge in [0, 0.05) is 29.2 Å². The number of nitrogens with zero attached hydrogens (tertiary/aromatic N) is 1. The standard InChI is InChI=1S/C27H32Cl2N2O4S/c1-17-26(27(32)35-18(2)20-10-11-23(28)24(29)16-20)22-15-19(9-12-25(22)30-17)13-14-31(36(3,33)34)21-7-5-4-6-8-21/h9-12,15-16,18,21,30H,4-8,13-14H2,1-3H3. The first kappa shape index (κ1) is 27.0. The fourth-order valence-corrected chi connectivity index (χ4v) is 6.55. The van der Waals surface area contributed by atoms with E-state index < -0.39 is 22.1 Å². The summed E-state index contributed by atoms with van der Waals surface area (Å²) >= 11 is 12.1. The Hall–Kier alpha value is -2.06. The number of fused-ring (bicyclic) bond motifs is 1. The number of aryl methyl sites for hydroxylation is 1. The predicted molar refractivity (Wildman–Crippen MR) is 145 cm³/mol. The van der Waals surface area contributed by atoms with E-state index >= 15 is 0 Å². The number of carbonyl (C=O) groups is 1. The molecule has 3 aromatic rings. The summed E-state index contributed by atoms with van der Waals surface area (Å²) in [6, 6.07) is 11.1. The maximum atomic E-state index is 13.2. The molecule has 1 aromatic heterocycles. The van der Waals surface area contributed by atoms with Crippen molar-refractivity contribution < 1.29 is 17.9 Å². The molecule has 1 saturated carbocycles. The van der Waals surface area contributed by atoms with E-state index in [-0.39, 0.29) is 6.04 Å². The van der Waals surface area contributed by atoms with Crippen LogP contribution >= 0.6 is 23.2 Å². The number of H-pyrrole nitrogens is 1. The third-order valence-corrected chi connectivity index (χ3v) is 9.05. The van der Waals surface area contributed by atoms with Crippen LogP contribution in [0.1, 0.15) is 72.3 Å². The third kappa shape index (κ3) is 6.08. The van der Waals surface area contributed by atoms with Gasteiger partial charge in [0.1, 0.15) is 6.10 Å². The molecule has 36 heavy (non-hydrogen) atoms. The van der Waals surface area contributed by atoms with E-state index in [1.54, 1.807) is 29.4 Å². The topological polar surface area (TPSA) is 79.5 Å². The summed E-state index contributed by atoms with van der Waals surface area (Å²) in [6.45, 7) is 4.05. The molecule has 194 valence electrons. The Morgan fingerprint density at radius 3 is 2.50 bits per heavy atom. The Balaban J connectivity index is 1.54. The molecule has 0 amide bonds. The largest absolute Gasteiger partial charge is 0.454 e. The second-order valence-corrected chi connectivity index (χ2v) is 12.4. The second-order valence-electron chi connectivity index (χ2n) is 9.64. The molecule has 0 radical (unpaired) electrons.